The number of sulfone groups is 1. The van der Waals surface area contributed by atoms with Gasteiger partial charge in [-0.05, 0) is 35.4 Å². The number of fused-ring (bicyclic) bond motifs is 1. The topological polar surface area (TPSA) is 67.3 Å². The molecule has 0 aliphatic heterocycles. The van der Waals surface area contributed by atoms with Gasteiger partial charge in [-0.15, -0.1) is 0 Å². The summed E-state index contributed by atoms with van der Waals surface area (Å²) in [5.41, 5.74) is 1.84. The molecular weight excluding hydrogens is 435 g/mol. The molecule has 1 amide bonds. The molecule has 5 nitrogen and oxygen atoms in total. The van der Waals surface area contributed by atoms with Crippen LogP contribution in [0.15, 0.2) is 77.7 Å². The molecule has 4 aromatic rings. The second kappa shape index (κ2) is 8.56. The van der Waals surface area contributed by atoms with Crippen LogP contribution in [0.2, 0.25) is 0 Å². The van der Waals surface area contributed by atoms with Gasteiger partial charge in [-0.2, -0.15) is 0 Å². The number of carbonyl (C=O) groups is 1. The highest BCUT2D eigenvalue weighted by atomic mass is 32.2. The van der Waals surface area contributed by atoms with Gasteiger partial charge in [0, 0.05) is 6.26 Å². The highest BCUT2D eigenvalue weighted by molar-refractivity contribution is 7.90. The van der Waals surface area contributed by atoms with Crippen molar-refractivity contribution < 1.29 is 17.6 Å². The third kappa shape index (κ3) is 4.81. The van der Waals surface area contributed by atoms with Crippen LogP contribution >= 0.6 is 11.3 Å². The van der Waals surface area contributed by atoms with Crippen LogP contribution in [-0.2, 0) is 27.6 Å². The first-order valence-electron chi connectivity index (χ1n) is 9.49. The van der Waals surface area contributed by atoms with E-state index in [9.17, 15) is 17.6 Å². The number of halogens is 1. The average molecular weight is 455 g/mol. The number of hydrogen-bond donors (Lipinski definition) is 0. The van der Waals surface area contributed by atoms with Gasteiger partial charge in [0.05, 0.1) is 22.6 Å². The maximum absolute atomic E-state index is 14.2. The van der Waals surface area contributed by atoms with Gasteiger partial charge in [-0.25, -0.2) is 17.8 Å². The van der Waals surface area contributed by atoms with Gasteiger partial charge >= 0.3 is 0 Å². The first-order valence-corrected chi connectivity index (χ1v) is 12.2. The largest absolute Gasteiger partial charge is 0.283 e. The predicted octanol–water partition coefficient (Wildman–Crippen LogP) is 4.61. The molecule has 0 N–H and O–H groups in total. The molecule has 0 aliphatic carbocycles. The van der Waals surface area contributed by atoms with Crippen molar-refractivity contribution in [3.05, 3.63) is 89.7 Å². The smallest absolute Gasteiger partial charge is 0.233 e. The van der Waals surface area contributed by atoms with E-state index in [4.69, 9.17) is 0 Å². The van der Waals surface area contributed by atoms with Crippen LogP contribution in [0.3, 0.4) is 0 Å². The lowest BCUT2D eigenvalue weighted by Crippen LogP contribution is -2.31. The van der Waals surface area contributed by atoms with E-state index in [0.29, 0.717) is 21.9 Å². The summed E-state index contributed by atoms with van der Waals surface area (Å²) in [5.74, 6) is -0.640. The van der Waals surface area contributed by atoms with E-state index in [1.54, 1.807) is 29.2 Å². The SMILES string of the molecule is CS(=O)(=O)c1ccc(CC(=O)N(Cc2ccccc2)c2nc3c(F)cccc3s2)cc1. The zero-order valence-electron chi connectivity index (χ0n) is 16.7. The Labute approximate surface area is 183 Å². The lowest BCUT2D eigenvalue weighted by Gasteiger charge is -2.20. The molecule has 0 radical (unpaired) electrons. The molecule has 158 valence electrons. The van der Waals surface area contributed by atoms with Gasteiger partial charge in [0.15, 0.2) is 15.0 Å². The third-order valence-corrected chi connectivity index (χ3v) is 6.95. The Balaban J connectivity index is 1.66. The number of thiazole rings is 1. The number of para-hydroxylation sites is 1. The van der Waals surface area contributed by atoms with Crippen molar-refractivity contribution in [1.29, 1.82) is 0 Å². The Kier molecular flexibility index (Phi) is 5.84. The van der Waals surface area contributed by atoms with E-state index in [1.165, 1.54) is 29.5 Å². The number of carbonyl (C=O) groups excluding carboxylic acids is 1. The molecule has 1 aromatic heterocycles. The number of aromatic nitrogens is 1. The van der Waals surface area contributed by atoms with Crippen molar-refractivity contribution in [3.8, 4) is 0 Å². The zero-order valence-corrected chi connectivity index (χ0v) is 18.3. The lowest BCUT2D eigenvalue weighted by molar-refractivity contribution is -0.118. The average Bonchev–Trinajstić information content (AvgIpc) is 3.18. The number of anilines is 1. The third-order valence-electron chi connectivity index (χ3n) is 4.78. The molecule has 0 atom stereocenters. The van der Waals surface area contributed by atoms with Crippen LogP contribution in [0.1, 0.15) is 11.1 Å². The summed E-state index contributed by atoms with van der Waals surface area (Å²) in [4.78, 5) is 19.4. The van der Waals surface area contributed by atoms with E-state index < -0.39 is 15.7 Å². The Bertz CT molecular complexity index is 1330. The number of nitrogens with zero attached hydrogens (tertiary/aromatic N) is 2. The van der Waals surface area contributed by atoms with E-state index >= 15 is 0 Å². The Hall–Kier alpha value is -3.10. The Morgan fingerprint density at radius 2 is 1.68 bits per heavy atom. The van der Waals surface area contributed by atoms with Crippen LogP contribution in [0.5, 0.6) is 0 Å². The molecule has 0 spiro atoms. The second-order valence-corrected chi connectivity index (χ2v) is 10.2. The predicted molar refractivity (Wildman–Crippen MR) is 120 cm³/mol. The monoisotopic (exact) mass is 454 g/mol. The van der Waals surface area contributed by atoms with Crippen LogP contribution in [0, 0.1) is 5.82 Å². The Morgan fingerprint density at radius 3 is 2.32 bits per heavy atom. The minimum atomic E-state index is -3.31. The molecular formula is C23H19FN2O3S2. The van der Waals surface area contributed by atoms with Gasteiger partial charge in [0.1, 0.15) is 11.3 Å². The van der Waals surface area contributed by atoms with Crippen molar-refractivity contribution in [2.24, 2.45) is 0 Å². The van der Waals surface area contributed by atoms with Crippen LogP contribution in [0.4, 0.5) is 9.52 Å². The lowest BCUT2D eigenvalue weighted by atomic mass is 10.1. The minimum absolute atomic E-state index is 0.0648. The summed E-state index contributed by atoms with van der Waals surface area (Å²) in [7, 11) is -3.31. The standard InChI is InChI=1S/C23H19FN2O3S2/c1-31(28,29)18-12-10-16(11-13-18)14-21(27)26(15-17-6-3-2-4-7-17)23-25-22-19(24)8-5-9-20(22)30-23/h2-13H,14-15H2,1H3. The first kappa shape index (κ1) is 21.1. The van der Waals surface area contributed by atoms with Gasteiger partial charge in [0.25, 0.3) is 0 Å². The van der Waals surface area contributed by atoms with E-state index in [2.05, 4.69) is 4.98 Å². The number of benzene rings is 3. The van der Waals surface area contributed by atoms with Crippen LogP contribution in [-0.4, -0.2) is 25.6 Å². The second-order valence-electron chi connectivity index (χ2n) is 7.14. The normalized spacial score (nSPS) is 11.5. The van der Waals surface area contributed by atoms with Crippen molar-refractivity contribution in [2.75, 3.05) is 11.2 Å². The number of hydrogen-bond acceptors (Lipinski definition) is 5. The molecule has 4 rings (SSSR count). The molecule has 8 heteroatoms. The fourth-order valence-electron chi connectivity index (χ4n) is 3.17. The van der Waals surface area contributed by atoms with Gasteiger partial charge in [-0.3, -0.25) is 9.69 Å². The summed E-state index contributed by atoms with van der Waals surface area (Å²) in [6.45, 7) is 0.294. The quantitative estimate of drug-likeness (QED) is 0.427. The highest BCUT2D eigenvalue weighted by Gasteiger charge is 2.21. The van der Waals surface area contributed by atoms with Crippen molar-refractivity contribution in [3.63, 3.8) is 0 Å². The summed E-state index contributed by atoms with van der Waals surface area (Å²) < 4.78 is 38.2. The summed E-state index contributed by atoms with van der Waals surface area (Å²) in [6.07, 6.45) is 1.20. The fraction of sp³-hybridized carbons (Fsp3) is 0.130. The molecule has 0 fully saturated rings. The number of amides is 1. The van der Waals surface area contributed by atoms with Gasteiger partial charge in [0.2, 0.25) is 5.91 Å². The van der Waals surface area contributed by atoms with E-state index in [-0.39, 0.29) is 22.7 Å². The minimum Gasteiger partial charge on any atom is -0.283 e. The maximum atomic E-state index is 14.2. The van der Waals surface area contributed by atoms with Gasteiger partial charge in [-0.1, -0.05) is 59.9 Å². The van der Waals surface area contributed by atoms with Crippen LogP contribution < -0.4 is 4.90 Å². The summed E-state index contributed by atoms with van der Waals surface area (Å²) in [5, 5.41) is 0.418. The highest BCUT2D eigenvalue weighted by Crippen LogP contribution is 2.31. The summed E-state index contributed by atoms with van der Waals surface area (Å²) in [6, 6.07) is 20.5. The molecule has 3 aromatic carbocycles. The van der Waals surface area contributed by atoms with E-state index in [1.807, 2.05) is 30.3 Å². The fourth-order valence-corrected chi connectivity index (χ4v) is 4.80. The number of rotatable bonds is 6. The molecule has 0 saturated heterocycles. The van der Waals surface area contributed by atoms with Crippen molar-refractivity contribution in [1.82, 2.24) is 4.98 Å². The molecule has 0 saturated carbocycles. The molecule has 0 aliphatic rings. The van der Waals surface area contributed by atoms with Crippen LogP contribution in [0.25, 0.3) is 10.2 Å². The van der Waals surface area contributed by atoms with Gasteiger partial charge < -0.3 is 0 Å². The molecule has 1 heterocycles. The maximum Gasteiger partial charge on any atom is 0.233 e. The van der Waals surface area contributed by atoms with E-state index in [0.717, 1.165) is 11.8 Å². The zero-order chi connectivity index (χ0) is 22.0. The van der Waals surface area contributed by atoms with Crippen molar-refractivity contribution >= 4 is 42.4 Å². The molecule has 31 heavy (non-hydrogen) atoms. The summed E-state index contributed by atoms with van der Waals surface area (Å²) >= 11 is 1.26. The molecule has 0 bridgehead atoms. The van der Waals surface area contributed by atoms with Crippen molar-refractivity contribution in [2.45, 2.75) is 17.9 Å². The first-order chi connectivity index (χ1) is 14.8. The molecule has 0 unspecified atom stereocenters. The Morgan fingerprint density at radius 1 is 0.968 bits per heavy atom.